The van der Waals surface area contributed by atoms with E-state index in [1.54, 1.807) is 6.20 Å². The van der Waals surface area contributed by atoms with E-state index in [9.17, 15) is 0 Å². The Morgan fingerprint density at radius 1 is 1.42 bits per heavy atom. The molecule has 0 amide bonds. The molecule has 3 nitrogen and oxygen atoms in total. The van der Waals surface area contributed by atoms with E-state index in [4.69, 9.17) is 0 Å². The Morgan fingerprint density at radius 2 is 2.17 bits per heavy atom. The van der Waals surface area contributed by atoms with Gasteiger partial charge in [-0.15, -0.1) is 0 Å². The zero-order valence-electron chi connectivity index (χ0n) is 6.85. The number of nitrogens with zero attached hydrogens (tertiary/aromatic N) is 2. The monoisotopic (exact) mass is 225 g/mol. The molecule has 4 heteroatoms. The second kappa shape index (κ2) is 2.55. The highest BCUT2D eigenvalue weighted by molar-refractivity contribution is 9.10. The van der Waals surface area contributed by atoms with Gasteiger partial charge in [0.05, 0.1) is 5.52 Å². The molecule has 2 aromatic heterocycles. The molecule has 0 saturated heterocycles. The highest BCUT2D eigenvalue weighted by Crippen LogP contribution is 2.21. The van der Waals surface area contributed by atoms with Crippen molar-refractivity contribution in [1.82, 2.24) is 15.0 Å². The first-order valence-corrected chi connectivity index (χ1v) is 4.45. The van der Waals surface area contributed by atoms with Gasteiger partial charge in [0.2, 0.25) is 0 Å². The van der Waals surface area contributed by atoms with E-state index in [0.717, 1.165) is 27.0 Å². The number of rotatable bonds is 0. The SMILES string of the molecule is Cc1nc2ncc(Br)c(C)c2[nH]1. The van der Waals surface area contributed by atoms with Gasteiger partial charge in [0.25, 0.3) is 0 Å². The third kappa shape index (κ3) is 1.03. The van der Waals surface area contributed by atoms with Crippen LogP contribution in [0, 0.1) is 13.8 Å². The molecule has 2 rings (SSSR count). The first kappa shape index (κ1) is 7.73. The molecular weight excluding hydrogens is 218 g/mol. The Bertz CT molecular complexity index is 433. The van der Waals surface area contributed by atoms with Crippen LogP contribution in [0.25, 0.3) is 11.2 Å². The minimum atomic E-state index is 0.785. The maximum Gasteiger partial charge on any atom is 0.178 e. The van der Waals surface area contributed by atoms with E-state index in [2.05, 4.69) is 30.9 Å². The molecule has 0 saturated carbocycles. The summed E-state index contributed by atoms with van der Waals surface area (Å²) in [5, 5.41) is 0. The Labute approximate surface area is 78.4 Å². The highest BCUT2D eigenvalue weighted by Gasteiger charge is 2.05. The van der Waals surface area contributed by atoms with Gasteiger partial charge >= 0.3 is 0 Å². The fraction of sp³-hybridized carbons (Fsp3) is 0.250. The molecule has 0 unspecified atom stereocenters. The summed E-state index contributed by atoms with van der Waals surface area (Å²) in [6, 6.07) is 0. The molecule has 0 aliphatic heterocycles. The number of aromatic nitrogens is 3. The molecule has 0 aliphatic carbocycles. The average Bonchev–Trinajstić information content (AvgIpc) is 2.39. The molecule has 0 bridgehead atoms. The quantitative estimate of drug-likeness (QED) is 0.748. The molecule has 0 radical (unpaired) electrons. The minimum Gasteiger partial charge on any atom is -0.341 e. The summed E-state index contributed by atoms with van der Waals surface area (Å²) in [7, 11) is 0. The van der Waals surface area contributed by atoms with Crippen LogP contribution in [0.15, 0.2) is 10.7 Å². The number of fused-ring (bicyclic) bond motifs is 1. The van der Waals surface area contributed by atoms with Crippen LogP contribution < -0.4 is 0 Å². The standard InChI is InChI=1S/C8H8BrN3/c1-4-6(9)3-10-8-7(4)11-5(2)12-8/h3H,1-2H3,(H,10,11,12). The second-order valence-electron chi connectivity index (χ2n) is 2.75. The first-order valence-electron chi connectivity index (χ1n) is 3.66. The van der Waals surface area contributed by atoms with E-state index in [-0.39, 0.29) is 0 Å². The summed E-state index contributed by atoms with van der Waals surface area (Å²) in [4.78, 5) is 11.6. The summed E-state index contributed by atoms with van der Waals surface area (Å²) >= 11 is 3.42. The molecule has 0 aliphatic rings. The van der Waals surface area contributed by atoms with Gasteiger partial charge in [-0.3, -0.25) is 0 Å². The lowest BCUT2D eigenvalue weighted by atomic mass is 10.3. The summed E-state index contributed by atoms with van der Waals surface area (Å²) < 4.78 is 1.01. The Morgan fingerprint density at radius 3 is 2.92 bits per heavy atom. The van der Waals surface area contributed by atoms with Crippen LogP contribution in [-0.2, 0) is 0 Å². The zero-order chi connectivity index (χ0) is 8.72. The number of aromatic amines is 1. The third-order valence-electron chi connectivity index (χ3n) is 1.84. The van der Waals surface area contributed by atoms with Gasteiger partial charge in [0.15, 0.2) is 5.65 Å². The minimum absolute atomic E-state index is 0.785. The number of aryl methyl sites for hydroxylation is 2. The number of imidazole rings is 1. The van der Waals surface area contributed by atoms with Crippen molar-refractivity contribution in [2.24, 2.45) is 0 Å². The van der Waals surface area contributed by atoms with Gasteiger partial charge in [-0.1, -0.05) is 0 Å². The van der Waals surface area contributed by atoms with Crippen molar-refractivity contribution in [2.75, 3.05) is 0 Å². The Balaban J connectivity index is 2.89. The maximum absolute atomic E-state index is 4.23. The lowest BCUT2D eigenvalue weighted by molar-refractivity contribution is 1.16. The smallest absolute Gasteiger partial charge is 0.178 e. The molecule has 0 atom stereocenters. The fourth-order valence-corrected chi connectivity index (χ4v) is 1.47. The van der Waals surface area contributed by atoms with E-state index in [1.165, 1.54) is 0 Å². The third-order valence-corrected chi connectivity index (χ3v) is 2.64. The van der Waals surface area contributed by atoms with Crippen LogP contribution >= 0.6 is 15.9 Å². The molecule has 2 aromatic rings. The van der Waals surface area contributed by atoms with Crippen molar-refractivity contribution in [3.63, 3.8) is 0 Å². The van der Waals surface area contributed by atoms with Crippen LogP contribution in [0.2, 0.25) is 0 Å². The van der Waals surface area contributed by atoms with Crippen LogP contribution in [0.5, 0.6) is 0 Å². The highest BCUT2D eigenvalue weighted by atomic mass is 79.9. The predicted molar refractivity (Wildman–Crippen MR) is 51.1 cm³/mol. The van der Waals surface area contributed by atoms with Crippen LogP contribution in [0.4, 0.5) is 0 Å². The molecule has 1 N–H and O–H groups in total. The van der Waals surface area contributed by atoms with Crippen molar-refractivity contribution in [1.29, 1.82) is 0 Å². The van der Waals surface area contributed by atoms with E-state index < -0.39 is 0 Å². The normalized spacial score (nSPS) is 10.9. The Kier molecular flexibility index (Phi) is 1.65. The summed E-state index contributed by atoms with van der Waals surface area (Å²) in [6.45, 7) is 3.96. The number of halogens is 1. The summed E-state index contributed by atoms with van der Waals surface area (Å²) in [5.41, 5.74) is 2.95. The van der Waals surface area contributed by atoms with Crippen molar-refractivity contribution in [2.45, 2.75) is 13.8 Å². The summed E-state index contributed by atoms with van der Waals surface area (Å²) in [5.74, 6) is 0.902. The fourth-order valence-electron chi connectivity index (χ4n) is 1.17. The van der Waals surface area contributed by atoms with E-state index in [1.807, 2.05) is 13.8 Å². The lowest BCUT2D eigenvalue weighted by Crippen LogP contribution is -1.82. The number of H-pyrrole nitrogens is 1. The van der Waals surface area contributed by atoms with Crippen LogP contribution in [0.1, 0.15) is 11.4 Å². The van der Waals surface area contributed by atoms with Gasteiger partial charge in [-0.2, -0.15) is 0 Å². The second-order valence-corrected chi connectivity index (χ2v) is 3.61. The number of nitrogens with one attached hydrogen (secondary N) is 1. The van der Waals surface area contributed by atoms with Gasteiger partial charge in [-0.25, -0.2) is 9.97 Å². The van der Waals surface area contributed by atoms with Crippen LogP contribution in [-0.4, -0.2) is 15.0 Å². The molecule has 0 fully saturated rings. The van der Waals surface area contributed by atoms with Gasteiger partial charge in [0, 0.05) is 10.7 Å². The van der Waals surface area contributed by atoms with Gasteiger partial charge in [0.1, 0.15) is 5.82 Å². The zero-order valence-corrected chi connectivity index (χ0v) is 8.44. The number of hydrogen-bond donors (Lipinski definition) is 1. The predicted octanol–water partition coefficient (Wildman–Crippen LogP) is 2.34. The number of hydrogen-bond acceptors (Lipinski definition) is 2. The van der Waals surface area contributed by atoms with E-state index >= 15 is 0 Å². The molecule has 0 spiro atoms. The molecule has 2 heterocycles. The van der Waals surface area contributed by atoms with Crippen molar-refractivity contribution >= 4 is 27.1 Å². The van der Waals surface area contributed by atoms with Gasteiger partial charge in [-0.05, 0) is 35.3 Å². The van der Waals surface area contributed by atoms with Gasteiger partial charge < -0.3 is 4.98 Å². The Hall–Kier alpha value is -0.900. The molecular formula is C8H8BrN3. The molecule has 62 valence electrons. The van der Waals surface area contributed by atoms with Crippen molar-refractivity contribution in [3.05, 3.63) is 22.1 Å². The van der Waals surface area contributed by atoms with Crippen molar-refractivity contribution < 1.29 is 0 Å². The molecule has 0 aromatic carbocycles. The topological polar surface area (TPSA) is 41.6 Å². The lowest BCUT2D eigenvalue weighted by Gasteiger charge is -1.96. The summed E-state index contributed by atoms with van der Waals surface area (Å²) in [6.07, 6.45) is 1.78. The maximum atomic E-state index is 4.23. The van der Waals surface area contributed by atoms with E-state index in [0.29, 0.717) is 0 Å². The molecule has 12 heavy (non-hydrogen) atoms. The van der Waals surface area contributed by atoms with Crippen molar-refractivity contribution in [3.8, 4) is 0 Å². The van der Waals surface area contributed by atoms with Crippen LogP contribution in [0.3, 0.4) is 0 Å². The number of pyridine rings is 1. The first-order chi connectivity index (χ1) is 5.68. The average molecular weight is 226 g/mol. The largest absolute Gasteiger partial charge is 0.341 e.